The maximum absolute atomic E-state index is 5.15. The molecule has 0 radical (unpaired) electrons. The third kappa shape index (κ3) is 6.04. The van der Waals surface area contributed by atoms with Gasteiger partial charge in [-0.15, -0.1) is 0 Å². The van der Waals surface area contributed by atoms with E-state index in [1.54, 1.807) is 0 Å². The first-order chi connectivity index (χ1) is 27.3. The van der Waals surface area contributed by atoms with Crippen LogP contribution in [0.2, 0.25) is 0 Å². The zero-order chi connectivity index (χ0) is 36.6. The van der Waals surface area contributed by atoms with Crippen LogP contribution in [0.5, 0.6) is 0 Å². The van der Waals surface area contributed by atoms with Crippen molar-refractivity contribution < 1.29 is 0 Å². The smallest absolute Gasteiger partial charge is 0.164 e. The molecule has 8 aromatic carbocycles. The van der Waals surface area contributed by atoms with E-state index in [-0.39, 0.29) is 0 Å². The minimum atomic E-state index is 0.631. The molecule has 10 aromatic rings. The van der Waals surface area contributed by atoms with E-state index in [1.165, 1.54) is 0 Å². The van der Waals surface area contributed by atoms with Crippen LogP contribution in [0.3, 0.4) is 0 Å². The number of hydrogen-bond donors (Lipinski definition) is 0. The molecule has 2 aromatic heterocycles. The number of imidazole rings is 1. The molecule has 0 spiro atoms. The van der Waals surface area contributed by atoms with Crippen molar-refractivity contribution in [1.82, 2.24) is 24.5 Å². The molecule has 5 heteroatoms. The predicted octanol–water partition coefficient (Wildman–Crippen LogP) is 12.4. The third-order valence-electron chi connectivity index (χ3n) is 10.1. The monoisotopic (exact) mass is 703 g/mol. The molecule has 55 heavy (non-hydrogen) atoms. The van der Waals surface area contributed by atoms with E-state index in [1.807, 2.05) is 48.5 Å². The standard InChI is InChI=1S/C50H33N5/c1-4-15-34(16-5-1)38-19-14-20-39(33-38)48-52-47(36-17-6-2-7-18-36)53-49(54-48)44-32-31-41(42-23-10-11-24-43(42)44)35-27-29-37(30-28-35)50-51-45-25-12-13-26-46(45)55(50)40-21-8-3-9-22-40/h1-33H. The molecule has 2 heterocycles. The van der Waals surface area contributed by atoms with Crippen molar-refractivity contribution in [1.29, 1.82) is 0 Å². The van der Waals surface area contributed by atoms with Crippen LogP contribution in [0.4, 0.5) is 0 Å². The Balaban J connectivity index is 1.08. The van der Waals surface area contributed by atoms with Gasteiger partial charge in [-0.1, -0.05) is 164 Å². The Hall–Kier alpha value is -7.50. The molecule has 0 fully saturated rings. The van der Waals surface area contributed by atoms with Crippen molar-refractivity contribution in [2.24, 2.45) is 0 Å². The van der Waals surface area contributed by atoms with Gasteiger partial charge >= 0.3 is 0 Å². The highest BCUT2D eigenvalue weighted by Crippen LogP contribution is 2.37. The Morgan fingerprint density at radius 1 is 0.309 bits per heavy atom. The quantitative estimate of drug-likeness (QED) is 0.166. The zero-order valence-electron chi connectivity index (χ0n) is 29.8. The molecule has 0 amide bonds. The lowest BCUT2D eigenvalue weighted by Crippen LogP contribution is -2.01. The van der Waals surface area contributed by atoms with E-state index in [0.717, 1.165) is 77.8 Å². The van der Waals surface area contributed by atoms with Crippen LogP contribution in [-0.2, 0) is 0 Å². The van der Waals surface area contributed by atoms with Crippen LogP contribution in [0, 0.1) is 0 Å². The molecule has 0 bridgehead atoms. The molecule has 0 aliphatic heterocycles. The van der Waals surface area contributed by atoms with E-state index in [9.17, 15) is 0 Å². The highest BCUT2D eigenvalue weighted by molar-refractivity contribution is 6.04. The van der Waals surface area contributed by atoms with Crippen LogP contribution in [-0.4, -0.2) is 24.5 Å². The third-order valence-corrected chi connectivity index (χ3v) is 10.1. The fraction of sp³-hybridized carbons (Fsp3) is 0. The molecular weight excluding hydrogens is 671 g/mol. The first-order valence-electron chi connectivity index (χ1n) is 18.4. The number of aromatic nitrogens is 5. The predicted molar refractivity (Wildman–Crippen MR) is 225 cm³/mol. The van der Waals surface area contributed by atoms with E-state index >= 15 is 0 Å². The van der Waals surface area contributed by atoms with Crippen LogP contribution in [0.1, 0.15) is 0 Å². The van der Waals surface area contributed by atoms with E-state index in [4.69, 9.17) is 19.9 Å². The normalized spacial score (nSPS) is 11.3. The van der Waals surface area contributed by atoms with Crippen molar-refractivity contribution in [3.05, 3.63) is 200 Å². The second-order valence-electron chi connectivity index (χ2n) is 13.5. The number of benzene rings is 8. The van der Waals surface area contributed by atoms with Crippen molar-refractivity contribution in [2.75, 3.05) is 0 Å². The fourth-order valence-electron chi connectivity index (χ4n) is 7.41. The molecular formula is C50H33N5. The molecule has 258 valence electrons. The number of fused-ring (bicyclic) bond motifs is 2. The maximum atomic E-state index is 5.15. The highest BCUT2D eigenvalue weighted by atomic mass is 15.1. The number of para-hydroxylation sites is 3. The Bertz CT molecular complexity index is 2950. The van der Waals surface area contributed by atoms with Crippen LogP contribution in [0.15, 0.2) is 200 Å². The van der Waals surface area contributed by atoms with Gasteiger partial charge in [0, 0.05) is 27.9 Å². The van der Waals surface area contributed by atoms with Gasteiger partial charge in [0.15, 0.2) is 17.5 Å². The molecule has 10 rings (SSSR count). The molecule has 0 unspecified atom stereocenters. The minimum absolute atomic E-state index is 0.631. The Kier molecular flexibility index (Phi) is 8.08. The first kappa shape index (κ1) is 32.2. The fourth-order valence-corrected chi connectivity index (χ4v) is 7.41. The lowest BCUT2D eigenvalue weighted by molar-refractivity contribution is 1.08. The number of rotatable bonds is 7. The highest BCUT2D eigenvalue weighted by Gasteiger charge is 2.18. The summed E-state index contributed by atoms with van der Waals surface area (Å²) in [6.45, 7) is 0. The second kappa shape index (κ2) is 13.8. The summed E-state index contributed by atoms with van der Waals surface area (Å²) in [7, 11) is 0. The van der Waals surface area contributed by atoms with Gasteiger partial charge < -0.3 is 0 Å². The molecule has 0 atom stereocenters. The summed E-state index contributed by atoms with van der Waals surface area (Å²) in [6, 6.07) is 69.2. The maximum Gasteiger partial charge on any atom is 0.164 e. The topological polar surface area (TPSA) is 56.5 Å². The average Bonchev–Trinajstić information content (AvgIpc) is 3.67. The van der Waals surface area contributed by atoms with Crippen molar-refractivity contribution in [2.45, 2.75) is 0 Å². The summed E-state index contributed by atoms with van der Waals surface area (Å²) < 4.78 is 2.24. The van der Waals surface area contributed by atoms with E-state index in [0.29, 0.717) is 17.5 Å². The zero-order valence-corrected chi connectivity index (χ0v) is 29.8. The van der Waals surface area contributed by atoms with Crippen LogP contribution >= 0.6 is 0 Å². The van der Waals surface area contributed by atoms with Crippen molar-refractivity contribution in [3.63, 3.8) is 0 Å². The summed E-state index contributed by atoms with van der Waals surface area (Å²) >= 11 is 0. The molecule has 0 aliphatic rings. The summed E-state index contributed by atoms with van der Waals surface area (Å²) in [6.07, 6.45) is 0. The molecule has 0 N–H and O–H groups in total. The summed E-state index contributed by atoms with van der Waals surface area (Å²) in [5.41, 5.74) is 11.5. The van der Waals surface area contributed by atoms with Gasteiger partial charge in [-0.25, -0.2) is 19.9 Å². The van der Waals surface area contributed by atoms with E-state index in [2.05, 4.69) is 156 Å². The lowest BCUT2D eigenvalue weighted by atomic mass is 9.94. The van der Waals surface area contributed by atoms with E-state index < -0.39 is 0 Å². The minimum Gasteiger partial charge on any atom is -0.292 e. The van der Waals surface area contributed by atoms with Gasteiger partial charge in [0.25, 0.3) is 0 Å². The van der Waals surface area contributed by atoms with Gasteiger partial charge in [0.05, 0.1) is 11.0 Å². The van der Waals surface area contributed by atoms with Crippen LogP contribution < -0.4 is 0 Å². The Morgan fingerprint density at radius 2 is 0.836 bits per heavy atom. The van der Waals surface area contributed by atoms with Crippen molar-refractivity contribution in [3.8, 4) is 73.5 Å². The van der Waals surface area contributed by atoms with Gasteiger partial charge in [-0.3, -0.25) is 4.57 Å². The largest absolute Gasteiger partial charge is 0.292 e. The number of hydrogen-bond acceptors (Lipinski definition) is 4. The van der Waals surface area contributed by atoms with Gasteiger partial charge in [0.1, 0.15) is 5.82 Å². The van der Waals surface area contributed by atoms with Gasteiger partial charge in [-0.05, 0) is 69.4 Å². The number of nitrogens with zero attached hydrogens (tertiary/aromatic N) is 5. The molecule has 0 saturated heterocycles. The SMILES string of the molecule is c1ccc(-c2cccc(-c3nc(-c4ccccc4)nc(-c4ccc(-c5ccc(-c6nc7ccccc7n6-c6ccccc6)cc5)c5ccccc45)n3)c2)cc1. The average molecular weight is 704 g/mol. The van der Waals surface area contributed by atoms with Crippen molar-refractivity contribution >= 4 is 21.8 Å². The molecule has 0 aliphatic carbocycles. The molecule has 5 nitrogen and oxygen atoms in total. The van der Waals surface area contributed by atoms with Crippen LogP contribution in [0.25, 0.3) is 95.3 Å². The Morgan fingerprint density at radius 3 is 1.58 bits per heavy atom. The molecule has 0 saturated carbocycles. The second-order valence-corrected chi connectivity index (χ2v) is 13.5. The Labute approximate surface area is 318 Å². The summed E-state index contributed by atoms with van der Waals surface area (Å²) in [5.74, 6) is 2.81. The van der Waals surface area contributed by atoms with Gasteiger partial charge in [-0.2, -0.15) is 0 Å². The first-order valence-corrected chi connectivity index (χ1v) is 18.4. The summed E-state index contributed by atoms with van der Waals surface area (Å²) in [4.78, 5) is 20.4. The van der Waals surface area contributed by atoms with Gasteiger partial charge in [0.2, 0.25) is 0 Å². The summed E-state index contributed by atoms with van der Waals surface area (Å²) in [5, 5.41) is 2.20. The lowest BCUT2D eigenvalue weighted by Gasteiger charge is -2.14.